The highest BCUT2D eigenvalue weighted by Crippen LogP contribution is 2.33. The van der Waals surface area contributed by atoms with Gasteiger partial charge in [0.15, 0.2) is 11.6 Å². The summed E-state index contributed by atoms with van der Waals surface area (Å²) in [5, 5.41) is 9.83. The van der Waals surface area contributed by atoms with E-state index in [0.717, 1.165) is 12.1 Å². The summed E-state index contributed by atoms with van der Waals surface area (Å²) >= 11 is 0. The van der Waals surface area contributed by atoms with Crippen LogP contribution in [0, 0.1) is 11.6 Å². The van der Waals surface area contributed by atoms with E-state index in [1.54, 1.807) is 18.3 Å². The van der Waals surface area contributed by atoms with Crippen LogP contribution < -0.4 is 0 Å². The lowest BCUT2D eigenvalue weighted by atomic mass is 10.0. The van der Waals surface area contributed by atoms with Crippen LogP contribution in [0.1, 0.15) is 28.5 Å². The second kappa shape index (κ2) is 5.29. The van der Waals surface area contributed by atoms with Gasteiger partial charge in [0.05, 0.1) is 12.1 Å². The summed E-state index contributed by atoms with van der Waals surface area (Å²) in [5.41, 5.74) is 0.877. The van der Waals surface area contributed by atoms with Crippen LogP contribution in [0.3, 0.4) is 0 Å². The summed E-state index contributed by atoms with van der Waals surface area (Å²) in [4.78, 5) is 16.7. The standard InChI is InChI=1S/C15H14F2N2O2/c16-11-4-3-9(6-12(11)17)14-7-10(20)8-19(14)15(21)13-2-1-5-18-13/h1-6,10,14,18,20H,7-8H2. The van der Waals surface area contributed by atoms with Gasteiger partial charge in [-0.05, 0) is 36.2 Å². The Balaban J connectivity index is 1.92. The minimum Gasteiger partial charge on any atom is -0.391 e. The fourth-order valence-electron chi connectivity index (χ4n) is 2.69. The zero-order valence-corrected chi connectivity index (χ0v) is 11.1. The largest absolute Gasteiger partial charge is 0.391 e. The highest BCUT2D eigenvalue weighted by atomic mass is 19.2. The van der Waals surface area contributed by atoms with Gasteiger partial charge in [-0.3, -0.25) is 4.79 Å². The van der Waals surface area contributed by atoms with Gasteiger partial charge in [-0.1, -0.05) is 6.07 Å². The van der Waals surface area contributed by atoms with Crippen molar-refractivity contribution in [2.75, 3.05) is 6.54 Å². The van der Waals surface area contributed by atoms with Crippen LogP contribution in [-0.2, 0) is 0 Å². The number of carbonyl (C=O) groups is 1. The predicted octanol–water partition coefficient (Wildman–Crippen LogP) is 2.24. The van der Waals surface area contributed by atoms with Crippen LogP contribution in [0.15, 0.2) is 36.5 Å². The van der Waals surface area contributed by atoms with Gasteiger partial charge < -0.3 is 15.0 Å². The average Bonchev–Trinajstić information content (AvgIpc) is 3.10. The summed E-state index contributed by atoms with van der Waals surface area (Å²) in [7, 11) is 0. The summed E-state index contributed by atoms with van der Waals surface area (Å²) < 4.78 is 26.4. The van der Waals surface area contributed by atoms with Crippen molar-refractivity contribution in [1.82, 2.24) is 9.88 Å². The quantitative estimate of drug-likeness (QED) is 0.892. The molecule has 1 aromatic carbocycles. The molecule has 0 radical (unpaired) electrons. The van der Waals surface area contributed by atoms with Crippen molar-refractivity contribution in [3.8, 4) is 0 Å². The van der Waals surface area contributed by atoms with Gasteiger partial charge >= 0.3 is 0 Å². The summed E-state index contributed by atoms with van der Waals surface area (Å²) in [6.07, 6.45) is 1.26. The van der Waals surface area contributed by atoms with Crippen molar-refractivity contribution >= 4 is 5.91 Å². The van der Waals surface area contributed by atoms with Crippen LogP contribution in [-0.4, -0.2) is 33.5 Å². The molecule has 1 aromatic heterocycles. The molecule has 2 unspecified atom stereocenters. The first-order chi connectivity index (χ1) is 10.1. The topological polar surface area (TPSA) is 56.3 Å². The van der Waals surface area contributed by atoms with Gasteiger partial charge in [-0.2, -0.15) is 0 Å². The maximum Gasteiger partial charge on any atom is 0.270 e. The number of rotatable bonds is 2. The van der Waals surface area contributed by atoms with Crippen molar-refractivity contribution < 1.29 is 18.7 Å². The molecule has 4 nitrogen and oxygen atoms in total. The summed E-state index contributed by atoms with van der Waals surface area (Å²) in [6, 6.07) is 6.42. The third-order valence-electron chi connectivity index (χ3n) is 3.70. The molecule has 0 spiro atoms. The number of amides is 1. The number of hydrogen-bond acceptors (Lipinski definition) is 2. The van der Waals surface area contributed by atoms with Crippen LogP contribution in [0.25, 0.3) is 0 Å². The number of aliphatic hydroxyl groups excluding tert-OH is 1. The number of H-pyrrole nitrogens is 1. The van der Waals surface area contributed by atoms with E-state index in [1.807, 2.05) is 0 Å². The molecule has 2 atom stereocenters. The van der Waals surface area contributed by atoms with Crippen LogP contribution in [0.2, 0.25) is 0 Å². The monoisotopic (exact) mass is 292 g/mol. The van der Waals surface area contributed by atoms with Crippen LogP contribution in [0.4, 0.5) is 8.78 Å². The fourth-order valence-corrected chi connectivity index (χ4v) is 2.69. The maximum absolute atomic E-state index is 13.4. The number of aromatic nitrogens is 1. The summed E-state index contributed by atoms with van der Waals surface area (Å²) in [5.74, 6) is -2.16. The lowest BCUT2D eigenvalue weighted by Gasteiger charge is -2.24. The molecule has 3 rings (SSSR count). The van der Waals surface area contributed by atoms with Gasteiger partial charge in [-0.15, -0.1) is 0 Å². The first-order valence-electron chi connectivity index (χ1n) is 6.63. The lowest BCUT2D eigenvalue weighted by Crippen LogP contribution is -2.32. The number of benzene rings is 1. The minimum absolute atomic E-state index is 0.168. The Bertz CT molecular complexity index is 658. The first-order valence-corrected chi connectivity index (χ1v) is 6.63. The van der Waals surface area contributed by atoms with Gasteiger partial charge in [0, 0.05) is 12.7 Å². The zero-order valence-electron chi connectivity index (χ0n) is 11.1. The Labute approximate surface area is 120 Å². The number of nitrogens with one attached hydrogen (secondary N) is 1. The van der Waals surface area contributed by atoms with E-state index < -0.39 is 23.8 Å². The molecule has 1 saturated heterocycles. The lowest BCUT2D eigenvalue weighted by molar-refractivity contribution is 0.0710. The molecule has 110 valence electrons. The van der Waals surface area contributed by atoms with E-state index in [1.165, 1.54) is 11.0 Å². The highest BCUT2D eigenvalue weighted by Gasteiger charge is 2.36. The van der Waals surface area contributed by atoms with Gasteiger partial charge in [0.25, 0.3) is 5.91 Å². The van der Waals surface area contributed by atoms with Crippen molar-refractivity contribution in [2.24, 2.45) is 0 Å². The number of nitrogens with zero attached hydrogens (tertiary/aromatic N) is 1. The fraction of sp³-hybridized carbons (Fsp3) is 0.267. The van der Waals surface area contributed by atoms with Crippen LogP contribution in [0.5, 0.6) is 0 Å². The molecule has 0 aliphatic carbocycles. The maximum atomic E-state index is 13.4. The third-order valence-corrected chi connectivity index (χ3v) is 3.70. The normalized spacial score (nSPS) is 21.8. The van der Waals surface area contributed by atoms with Crippen molar-refractivity contribution in [2.45, 2.75) is 18.6 Å². The Morgan fingerprint density at radius 2 is 2.10 bits per heavy atom. The highest BCUT2D eigenvalue weighted by molar-refractivity contribution is 5.93. The number of aliphatic hydroxyl groups is 1. The number of hydrogen-bond donors (Lipinski definition) is 2. The Kier molecular flexibility index (Phi) is 3.47. The molecule has 2 heterocycles. The number of likely N-dealkylation sites (tertiary alicyclic amines) is 1. The third kappa shape index (κ3) is 2.54. The van der Waals surface area contributed by atoms with Crippen LogP contribution >= 0.6 is 0 Å². The molecular weight excluding hydrogens is 278 g/mol. The molecule has 21 heavy (non-hydrogen) atoms. The second-order valence-electron chi connectivity index (χ2n) is 5.12. The molecule has 0 bridgehead atoms. The minimum atomic E-state index is -0.957. The molecule has 2 aromatic rings. The van der Waals surface area contributed by atoms with E-state index >= 15 is 0 Å². The average molecular weight is 292 g/mol. The smallest absolute Gasteiger partial charge is 0.270 e. The van der Waals surface area contributed by atoms with Gasteiger partial charge in [0.1, 0.15) is 5.69 Å². The van der Waals surface area contributed by atoms with E-state index in [4.69, 9.17) is 0 Å². The van der Waals surface area contributed by atoms with Gasteiger partial charge in [0.2, 0.25) is 0 Å². The summed E-state index contributed by atoms with van der Waals surface area (Å²) in [6.45, 7) is 0.168. The number of halogens is 2. The first kappa shape index (κ1) is 13.8. The van der Waals surface area contributed by atoms with Crippen molar-refractivity contribution in [3.63, 3.8) is 0 Å². The molecule has 0 saturated carbocycles. The molecule has 1 amide bonds. The van der Waals surface area contributed by atoms with E-state index in [2.05, 4.69) is 4.98 Å². The number of β-amino-alcohol motifs (C(OH)–C–C–N with tert-alkyl or cyclic N) is 1. The Morgan fingerprint density at radius 3 is 2.76 bits per heavy atom. The van der Waals surface area contributed by atoms with E-state index in [0.29, 0.717) is 17.7 Å². The predicted molar refractivity (Wildman–Crippen MR) is 71.6 cm³/mol. The van der Waals surface area contributed by atoms with Crippen molar-refractivity contribution in [1.29, 1.82) is 0 Å². The molecule has 1 fully saturated rings. The van der Waals surface area contributed by atoms with E-state index in [-0.39, 0.29) is 12.5 Å². The van der Waals surface area contributed by atoms with E-state index in [9.17, 15) is 18.7 Å². The Morgan fingerprint density at radius 1 is 1.29 bits per heavy atom. The molecule has 2 N–H and O–H groups in total. The zero-order chi connectivity index (χ0) is 15.0. The Hall–Kier alpha value is -2.21. The van der Waals surface area contributed by atoms with Gasteiger partial charge in [-0.25, -0.2) is 8.78 Å². The molecular formula is C15H14F2N2O2. The molecule has 1 aliphatic heterocycles. The molecule has 1 aliphatic rings. The molecule has 6 heteroatoms. The number of aromatic amines is 1. The van der Waals surface area contributed by atoms with Crippen molar-refractivity contribution in [3.05, 3.63) is 59.4 Å². The number of carbonyl (C=O) groups excluding carboxylic acids is 1. The second-order valence-corrected chi connectivity index (χ2v) is 5.12. The SMILES string of the molecule is O=C(c1ccc[nH]1)N1CC(O)CC1c1ccc(F)c(F)c1.